The summed E-state index contributed by atoms with van der Waals surface area (Å²) >= 11 is 31.8. The Hall–Kier alpha value is -7.46. The number of fused-ring (bicyclic) bond motifs is 16. The summed E-state index contributed by atoms with van der Waals surface area (Å²) in [6, 6.07) is 65.0. The van der Waals surface area contributed by atoms with E-state index >= 15 is 0 Å². The van der Waals surface area contributed by atoms with Crippen LogP contribution in [0.2, 0.25) is 20.1 Å². The van der Waals surface area contributed by atoms with Gasteiger partial charge in [-0.25, -0.2) is 0 Å². The molecule has 6 heterocycles. The third kappa shape index (κ3) is 10.5. The molecule has 0 N–H and O–H groups in total. The van der Waals surface area contributed by atoms with E-state index in [2.05, 4.69) is 294 Å². The van der Waals surface area contributed by atoms with E-state index in [4.69, 9.17) is 46.4 Å². The number of aryl methyl sites for hydroxylation is 2. The van der Waals surface area contributed by atoms with E-state index in [0.717, 1.165) is 57.0 Å². The van der Waals surface area contributed by atoms with Gasteiger partial charge in [-0.2, -0.15) is 0 Å². The number of hydrogen-bond acceptors (Lipinski definition) is 4. The fourth-order valence-corrected chi connectivity index (χ4v) is 20.9. The Morgan fingerprint density at radius 1 is 0.416 bits per heavy atom. The lowest BCUT2D eigenvalue weighted by Gasteiger charge is -2.44. The van der Waals surface area contributed by atoms with Gasteiger partial charge < -0.3 is 18.9 Å². The van der Waals surface area contributed by atoms with Crippen LogP contribution in [0.1, 0.15) is 167 Å². The van der Waals surface area contributed by atoms with Crippen LogP contribution in [-0.4, -0.2) is 15.8 Å². The van der Waals surface area contributed by atoms with Gasteiger partial charge in [0.1, 0.15) is 9.66 Å². The summed E-state index contributed by atoms with van der Waals surface area (Å²) in [6.07, 6.45) is 4.67. The van der Waals surface area contributed by atoms with Crippen LogP contribution >= 0.6 is 69.1 Å². The maximum absolute atomic E-state index is 7.26. The summed E-state index contributed by atoms with van der Waals surface area (Å²) < 4.78 is 7.56. The van der Waals surface area contributed by atoms with Crippen molar-refractivity contribution in [1.82, 2.24) is 9.13 Å². The fourth-order valence-electron chi connectivity index (χ4n) is 17.6. The molecule has 0 saturated heterocycles. The standard InChI is InChI=1S/C45H41BCl2N2S.C45H44Cl2N2S/c1-24-17-30-31(45(7,8)16-15-44(30,5)6)23-34(24)49-35-20-26(47)13-14-32(35)46-33-19-25(43(2,3)4)18-29-39-28-11-9-10-12-38(28)51-42(39)50(41(29)33)37-22-27(48)21-36(49)40(37)46;1-27-20-36-37(45(7,8)19-18-44(36,5)6)26-39(27)48(31-13-11-12-29(46)22-31)32-23-30(47)24-33(25-32)49-38-17-16-28(43(2,3)4)21-35(38)41-34-14-9-10-15-40(34)50-42(41)49/h9-14,17-23H,15-16H2,1-8H3;9-17,20-26H,18-19H2,1-8H3. The first kappa shape index (κ1) is 66.8. The molecular weight excluding hydrogens is 1350 g/mol. The molecule has 4 nitrogen and oxygen atoms in total. The number of halogens is 4. The molecule has 14 aromatic rings. The number of benzene rings is 10. The summed E-state index contributed by atoms with van der Waals surface area (Å²) in [4.78, 5) is 7.34. The summed E-state index contributed by atoms with van der Waals surface area (Å²) in [5.74, 6) is 0. The highest BCUT2D eigenvalue weighted by atomic mass is 35.5. The van der Waals surface area contributed by atoms with Crippen LogP contribution in [0.25, 0.3) is 73.8 Å². The normalized spacial score (nSPS) is 16.2. The molecule has 4 aliphatic rings. The molecule has 0 radical (unpaired) electrons. The average Bonchev–Trinajstić information content (AvgIpc) is 1.47. The summed E-state index contributed by atoms with van der Waals surface area (Å²) in [7, 11) is 0. The number of thiophene rings is 2. The molecule has 2 aliphatic carbocycles. The van der Waals surface area contributed by atoms with E-state index < -0.39 is 0 Å². The van der Waals surface area contributed by atoms with Crippen molar-refractivity contribution in [3.63, 3.8) is 0 Å². The van der Waals surface area contributed by atoms with Crippen molar-refractivity contribution in [2.75, 3.05) is 9.80 Å². The third-order valence-electron chi connectivity index (χ3n) is 23.4. The Morgan fingerprint density at radius 2 is 0.950 bits per heavy atom. The van der Waals surface area contributed by atoms with Gasteiger partial charge in [0.2, 0.25) is 0 Å². The van der Waals surface area contributed by atoms with Crippen LogP contribution in [0.5, 0.6) is 0 Å². The van der Waals surface area contributed by atoms with Crippen molar-refractivity contribution in [2.24, 2.45) is 0 Å². The third-order valence-corrected chi connectivity index (χ3v) is 26.6. The van der Waals surface area contributed by atoms with Crippen LogP contribution in [0.15, 0.2) is 176 Å². The molecule has 0 amide bonds. The molecule has 0 atom stereocenters. The minimum atomic E-state index is -0.0294. The van der Waals surface area contributed by atoms with Gasteiger partial charge in [-0.1, -0.05) is 216 Å². The highest BCUT2D eigenvalue weighted by molar-refractivity contribution is 7.26. The predicted molar refractivity (Wildman–Crippen MR) is 444 cm³/mol. The van der Waals surface area contributed by atoms with Gasteiger partial charge in [0.15, 0.2) is 0 Å². The van der Waals surface area contributed by atoms with Gasteiger partial charge in [-0.3, -0.25) is 0 Å². The van der Waals surface area contributed by atoms with Gasteiger partial charge in [0, 0.05) is 102 Å². The average molecular weight is 1440 g/mol. The summed E-state index contributed by atoms with van der Waals surface area (Å²) in [6.45, 7) is 37.6. The number of hydrogen-bond donors (Lipinski definition) is 0. The van der Waals surface area contributed by atoms with Gasteiger partial charge >= 0.3 is 0 Å². The Bertz CT molecular complexity index is 5880. The van der Waals surface area contributed by atoms with E-state index in [9.17, 15) is 0 Å². The number of aromatic nitrogens is 2. The Kier molecular flexibility index (Phi) is 15.2. The number of anilines is 6. The van der Waals surface area contributed by atoms with E-state index in [-0.39, 0.29) is 39.2 Å². The van der Waals surface area contributed by atoms with Gasteiger partial charge in [-0.15, -0.1) is 22.7 Å². The molecule has 0 bridgehead atoms. The van der Waals surface area contributed by atoms with Crippen molar-refractivity contribution in [1.29, 1.82) is 0 Å². The molecule has 0 spiro atoms. The van der Waals surface area contributed by atoms with Gasteiger partial charge in [0.05, 0.1) is 16.7 Å². The zero-order valence-corrected chi connectivity index (χ0v) is 65.4. The molecule has 0 saturated carbocycles. The van der Waals surface area contributed by atoms with Crippen LogP contribution in [0.3, 0.4) is 0 Å². The summed E-state index contributed by atoms with van der Waals surface area (Å²) in [5.41, 5.74) is 26.6. The lowest BCUT2D eigenvalue weighted by Crippen LogP contribution is -2.60. The summed E-state index contributed by atoms with van der Waals surface area (Å²) in [5, 5.41) is 10.7. The maximum atomic E-state index is 7.26. The molecule has 0 unspecified atom stereocenters. The van der Waals surface area contributed by atoms with Crippen molar-refractivity contribution >= 4 is 189 Å². The molecule has 508 valence electrons. The number of rotatable bonds is 5. The second-order valence-electron chi connectivity index (χ2n) is 34.1. The van der Waals surface area contributed by atoms with E-state index in [1.807, 2.05) is 34.8 Å². The smallest absolute Gasteiger partial charge is 0.252 e. The SMILES string of the molecule is Cc1cc2c(cc1N(c1cccc(Cl)c1)c1cc(Cl)cc(-n3c4ccc(C(C)(C)C)cc4c4c5ccccc5sc43)c1)C(C)(C)CCC2(C)C.Cc1cc2c(cc1N1c3cc(Cl)ccc3B3c4c1cc(Cl)cc4-n1c4sc5ccccc5c4c4cc(C(C)(C)C)cc3c41)C(C)(C)CCC2(C)C. The lowest BCUT2D eigenvalue weighted by molar-refractivity contribution is 0.332. The van der Waals surface area contributed by atoms with Crippen LogP contribution in [0.4, 0.5) is 34.1 Å². The quantitative estimate of drug-likeness (QED) is 0.160. The zero-order chi connectivity index (χ0) is 70.8. The van der Waals surface area contributed by atoms with Crippen molar-refractivity contribution in [3.8, 4) is 11.4 Å². The zero-order valence-electron chi connectivity index (χ0n) is 60.8. The molecule has 11 heteroatoms. The lowest BCUT2D eigenvalue weighted by atomic mass is 9.33. The highest BCUT2D eigenvalue weighted by Gasteiger charge is 2.46. The van der Waals surface area contributed by atoms with Crippen LogP contribution in [0, 0.1) is 13.8 Å². The largest absolute Gasteiger partial charge is 0.311 e. The van der Waals surface area contributed by atoms with Crippen LogP contribution < -0.4 is 26.2 Å². The Labute approximate surface area is 623 Å². The fraction of sp³-hybridized carbons (Fsp3) is 0.289. The van der Waals surface area contributed by atoms with E-state index in [1.54, 1.807) is 0 Å². The van der Waals surface area contributed by atoms with E-state index in [0.29, 0.717) is 10.0 Å². The highest BCUT2D eigenvalue weighted by Crippen LogP contribution is 2.55. The molecule has 18 rings (SSSR count). The Balaban J connectivity index is 0.000000151. The molecule has 4 aromatic heterocycles. The van der Waals surface area contributed by atoms with Crippen molar-refractivity contribution < 1.29 is 0 Å². The topological polar surface area (TPSA) is 16.3 Å². The van der Waals surface area contributed by atoms with Crippen molar-refractivity contribution in [2.45, 2.75) is 169 Å². The molecular formula is C90H85BCl4N4S2. The van der Waals surface area contributed by atoms with E-state index in [1.165, 1.54) is 148 Å². The predicted octanol–water partition coefficient (Wildman–Crippen LogP) is 26.6. The van der Waals surface area contributed by atoms with Crippen molar-refractivity contribution in [3.05, 3.63) is 241 Å². The molecule has 2 aliphatic heterocycles. The minimum absolute atomic E-state index is 0.0247. The number of nitrogens with zero attached hydrogens (tertiary/aromatic N) is 4. The Morgan fingerprint density at radius 3 is 1.58 bits per heavy atom. The van der Waals surface area contributed by atoms with Gasteiger partial charge in [0.25, 0.3) is 6.71 Å². The first-order chi connectivity index (χ1) is 47.8. The second-order valence-corrected chi connectivity index (χ2v) is 37.9. The second kappa shape index (κ2) is 23.0. The first-order valence-corrected chi connectivity index (χ1v) is 39.0. The van der Waals surface area contributed by atoms with Gasteiger partial charge in [-0.05, 0) is 236 Å². The first-order valence-electron chi connectivity index (χ1n) is 35.8. The molecule has 0 fully saturated rings. The monoisotopic (exact) mass is 1440 g/mol. The minimum Gasteiger partial charge on any atom is -0.311 e. The molecule has 101 heavy (non-hydrogen) atoms. The molecule has 10 aromatic carbocycles. The van der Waals surface area contributed by atoms with Crippen LogP contribution in [-0.2, 0) is 32.5 Å². The maximum Gasteiger partial charge on any atom is 0.252 e.